The molecule has 1 aromatic carbocycles. The maximum atomic E-state index is 12.8. The SMILES string of the molecule is O=C1/C(=C\N2CCOCC2)CCc2nc(-c3ccccc3)sc21. The lowest BCUT2D eigenvalue weighted by atomic mass is 9.96. The van der Waals surface area contributed by atoms with Crippen LogP contribution in [-0.4, -0.2) is 42.0 Å². The minimum atomic E-state index is 0.150. The van der Waals surface area contributed by atoms with E-state index in [4.69, 9.17) is 4.74 Å². The van der Waals surface area contributed by atoms with Gasteiger partial charge in [-0.3, -0.25) is 4.79 Å². The van der Waals surface area contributed by atoms with Crippen molar-refractivity contribution in [1.82, 2.24) is 9.88 Å². The van der Waals surface area contributed by atoms with Gasteiger partial charge in [0.05, 0.1) is 23.8 Å². The summed E-state index contributed by atoms with van der Waals surface area (Å²) < 4.78 is 5.36. The second-order valence-electron chi connectivity index (χ2n) is 5.79. The van der Waals surface area contributed by atoms with Gasteiger partial charge in [-0.15, -0.1) is 11.3 Å². The first kappa shape index (κ1) is 14.6. The van der Waals surface area contributed by atoms with Gasteiger partial charge in [-0.05, 0) is 12.8 Å². The zero-order valence-electron chi connectivity index (χ0n) is 12.8. The van der Waals surface area contributed by atoms with Gasteiger partial charge in [0.25, 0.3) is 0 Å². The van der Waals surface area contributed by atoms with E-state index in [9.17, 15) is 4.79 Å². The Balaban J connectivity index is 1.61. The highest BCUT2D eigenvalue weighted by molar-refractivity contribution is 7.17. The summed E-state index contributed by atoms with van der Waals surface area (Å²) in [6, 6.07) is 10.1. The number of ketones is 1. The van der Waals surface area contributed by atoms with Crippen LogP contribution in [-0.2, 0) is 11.2 Å². The zero-order valence-corrected chi connectivity index (χ0v) is 13.6. The average Bonchev–Trinajstić information content (AvgIpc) is 3.04. The van der Waals surface area contributed by atoms with Gasteiger partial charge >= 0.3 is 0 Å². The Hall–Kier alpha value is -1.98. The third kappa shape index (κ3) is 2.94. The Morgan fingerprint density at radius 2 is 1.91 bits per heavy atom. The molecule has 2 aromatic rings. The lowest BCUT2D eigenvalue weighted by Gasteiger charge is -2.26. The van der Waals surface area contributed by atoms with Crippen molar-refractivity contribution in [3.63, 3.8) is 0 Å². The molecule has 118 valence electrons. The van der Waals surface area contributed by atoms with Crippen molar-refractivity contribution in [2.45, 2.75) is 12.8 Å². The van der Waals surface area contributed by atoms with E-state index < -0.39 is 0 Å². The van der Waals surface area contributed by atoms with Crippen LogP contribution in [0.3, 0.4) is 0 Å². The van der Waals surface area contributed by atoms with Crippen LogP contribution in [0.5, 0.6) is 0 Å². The number of allylic oxidation sites excluding steroid dienone is 1. The van der Waals surface area contributed by atoms with E-state index in [1.165, 1.54) is 11.3 Å². The molecular weight excluding hydrogens is 308 g/mol. The van der Waals surface area contributed by atoms with Crippen molar-refractivity contribution in [2.24, 2.45) is 0 Å². The Bertz CT molecular complexity index is 746. The number of nitrogens with zero attached hydrogens (tertiary/aromatic N) is 2. The normalized spacial score (nSPS) is 19.9. The van der Waals surface area contributed by atoms with Gasteiger partial charge < -0.3 is 9.64 Å². The van der Waals surface area contributed by atoms with Gasteiger partial charge in [-0.1, -0.05) is 30.3 Å². The van der Waals surface area contributed by atoms with Crippen molar-refractivity contribution < 1.29 is 9.53 Å². The third-order valence-corrected chi connectivity index (χ3v) is 5.38. The molecule has 1 saturated heterocycles. The highest BCUT2D eigenvalue weighted by Crippen LogP contribution is 2.34. The fraction of sp³-hybridized carbons (Fsp3) is 0.333. The largest absolute Gasteiger partial charge is 0.378 e. The lowest BCUT2D eigenvalue weighted by Crippen LogP contribution is -2.33. The number of thiazole rings is 1. The van der Waals surface area contributed by atoms with Crippen molar-refractivity contribution in [3.05, 3.63) is 52.7 Å². The van der Waals surface area contributed by atoms with Gasteiger partial charge in [0.1, 0.15) is 5.01 Å². The Morgan fingerprint density at radius 3 is 2.70 bits per heavy atom. The molecule has 0 radical (unpaired) electrons. The van der Waals surface area contributed by atoms with E-state index in [0.29, 0.717) is 0 Å². The number of hydrogen-bond donors (Lipinski definition) is 0. The van der Waals surface area contributed by atoms with Crippen LogP contribution in [0.15, 0.2) is 42.1 Å². The maximum Gasteiger partial charge on any atom is 0.202 e. The van der Waals surface area contributed by atoms with E-state index in [1.807, 2.05) is 36.5 Å². The molecule has 0 amide bonds. The molecule has 0 atom stereocenters. The van der Waals surface area contributed by atoms with Crippen molar-refractivity contribution in [2.75, 3.05) is 26.3 Å². The predicted molar refractivity (Wildman–Crippen MR) is 90.7 cm³/mol. The van der Waals surface area contributed by atoms with Crippen LogP contribution in [0, 0.1) is 0 Å². The van der Waals surface area contributed by atoms with Gasteiger partial charge in [0.2, 0.25) is 5.78 Å². The predicted octanol–water partition coefficient (Wildman–Crippen LogP) is 3.16. The number of ether oxygens (including phenoxy) is 1. The van der Waals surface area contributed by atoms with E-state index in [2.05, 4.69) is 9.88 Å². The van der Waals surface area contributed by atoms with Crippen molar-refractivity contribution in [3.8, 4) is 10.6 Å². The van der Waals surface area contributed by atoms with E-state index in [1.54, 1.807) is 0 Å². The Morgan fingerprint density at radius 1 is 1.13 bits per heavy atom. The van der Waals surface area contributed by atoms with E-state index in [0.717, 1.165) is 65.9 Å². The summed E-state index contributed by atoms with van der Waals surface area (Å²) in [7, 11) is 0. The number of fused-ring (bicyclic) bond motifs is 1. The average molecular weight is 326 g/mol. The lowest BCUT2D eigenvalue weighted by molar-refractivity contribution is 0.0586. The summed E-state index contributed by atoms with van der Waals surface area (Å²) in [6.07, 6.45) is 3.66. The first-order valence-corrected chi connectivity index (χ1v) is 8.75. The maximum absolute atomic E-state index is 12.8. The van der Waals surface area contributed by atoms with Crippen LogP contribution in [0.4, 0.5) is 0 Å². The molecule has 5 heteroatoms. The van der Waals surface area contributed by atoms with Gasteiger partial charge in [-0.25, -0.2) is 4.98 Å². The summed E-state index contributed by atoms with van der Waals surface area (Å²) in [6.45, 7) is 3.20. The van der Waals surface area contributed by atoms with Crippen LogP contribution >= 0.6 is 11.3 Å². The smallest absolute Gasteiger partial charge is 0.202 e. The molecule has 0 spiro atoms. The molecule has 0 N–H and O–H groups in total. The number of Topliss-reactive ketones (excluding diaryl/α,β-unsaturated/α-hetero) is 1. The number of morpholine rings is 1. The van der Waals surface area contributed by atoms with E-state index in [-0.39, 0.29) is 5.78 Å². The number of rotatable bonds is 2. The molecule has 4 rings (SSSR count). The van der Waals surface area contributed by atoms with Crippen molar-refractivity contribution in [1.29, 1.82) is 0 Å². The molecule has 23 heavy (non-hydrogen) atoms. The first-order valence-electron chi connectivity index (χ1n) is 7.93. The second-order valence-corrected chi connectivity index (χ2v) is 6.79. The van der Waals surface area contributed by atoms with Gasteiger partial charge in [-0.2, -0.15) is 0 Å². The van der Waals surface area contributed by atoms with Crippen LogP contribution in [0.2, 0.25) is 0 Å². The standard InChI is InChI=1S/C18H18N2O2S/c21-16-14(12-20-8-10-22-11-9-20)6-7-15-17(16)23-18(19-15)13-4-2-1-3-5-13/h1-5,12H,6-11H2/b14-12-. The summed E-state index contributed by atoms with van der Waals surface area (Å²) in [5.74, 6) is 0.150. The Kier molecular flexibility index (Phi) is 3.97. The summed E-state index contributed by atoms with van der Waals surface area (Å²) in [4.78, 5) is 20.5. The fourth-order valence-corrected chi connectivity index (χ4v) is 4.06. The quantitative estimate of drug-likeness (QED) is 0.795. The highest BCUT2D eigenvalue weighted by Gasteiger charge is 2.27. The highest BCUT2D eigenvalue weighted by atomic mass is 32.1. The molecular formula is C18H18N2O2S. The molecule has 0 bridgehead atoms. The monoisotopic (exact) mass is 326 g/mol. The molecule has 1 aliphatic heterocycles. The third-order valence-electron chi connectivity index (χ3n) is 4.23. The van der Waals surface area contributed by atoms with Crippen LogP contribution < -0.4 is 0 Å². The number of carbonyl (C=O) groups excluding carboxylic acids is 1. The van der Waals surface area contributed by atoms with Crippen molar-refractivity contribution >= 4 is 17.1 Å². The number of benzene rings is 1. The topological polar surface area (TPSA) is 42.4 Å². The summed E-state index contributed by atoms with van der Waals surface area (Å²) in [5, 5.41) is 0.941. The molecule has 0 unspecified atom stereocenters. The fourth-order valence-electron chi connectivity index (χ4n) is 2.97. The molecule has 1 fully saturated rings. The number of aromatic nitrogens is 1. The summed E-state index contributed by atoms with van der Waals surface area (Å²) >= 11 is 1.52. The summed E-state index contributed by atoms with van der Waals surface area (Å²) in [5.41, 5.74) is 2.94. The molecule has 0 saturated carbocycles. The molecule has 2 aliphatic rings. The minimum absolute atomic E-state index is 0.150. The zero-order chi connectivity index (χ0) is 15.6. The van der Waals surface area contributed by atoms with Crippen LogP contribution in [0.25, 0.3) is 10.6 Å². The minimum Gasteiger partial charge on any atom is -0.378 e. The van der Waals surface area contributed by atoms with Gasteiger partial charge in [0, 0.05) is 30.4 Å². The molecule has 4 nitrogen and oxygen atoms in total. The van der Waals surface area contributed by atoms with Crippen LogP contribution in [0.1, 0.15) is 21.8 Å². The molecule has 1 aliphatic carbocycles. The number of carbonyl (C=O) groups is 1. The molecule has 1 aromatic heterocycles. The van der Waals surface area contributed by atoms with E-state index >= 15 is 0 Å². The first-order chi connectivity index (χ1) is 11.3. The second kappa shape index (κ2) is 6.26. The molecule has 2 heterocycles. The Labute approximate surface area is 139 Å². The number of aryl methyl sites for hydroxylation is 1. The van der Waals surface area contributed by atoms with Gasteiger partial charge in [0.15, 0.2) is 0 Å². The number of hydrogen-bond acceptors (Lipinski definition) is 5.